The number of aryl methyl sites for hydroxylation is 1. The molecule has 210 valence electrons. The average Bonchev–Trinajstić information content (AvgIpc) is 3.53. The van der Waals surface area contributed by atoms with Crippen LogP contribution in [-0.4, -0.2) is 47.6 Å². The first-order valence-corrected chi connectivity index (χ1v) is 13.8. The van der Waals surface area contributed by atoms with Gasteiger partial charge >= 0.3 is 0 Å². The van der Waals surface area contributed by atoms with Crippen LogP contribution in [0.5, 0.6) is 5.88 Å². The zero-order valence-electron chi connectivity index (χ0n) is 23.4. The third-order valence-corrected chi connectivity index (χ3v) is 8.08. The standard InChI is InChI=1S/C30H28Cl2N6O3/c1-15(2)37-25-24(35-26(37)19-10-12-23(36(4)5)34-27(19)41-6)28(39)38(22-14-18(32)8-7-16(22)3)30(25)20-11-9-17(31)13-21(20)33-29(30)40/h7-15H,1-6H3,(H,33,40). The van der Waals surface area contributed by atoms with Crippen molar-refractivity contribution in [2.75, 3.05) is 36.3 Å². The van der Waals surface area contributed by atoms with Crippen molar-refractivity contribution in [1.29, 1.82) is 0 Å². The van der Waals surface area contributed by atoms with Gasteiger partial charge in [-0.25, -0.2) is 4.98 Å². The number of carbonyl (C=O) groups excluding carboxylic acids is 2. The molecular weight excluding hydrogens is 563 g/mol. The highest BCUT2D eigenvalue weighted by Crippen LogP contribution is 2.55. The van der Waals surface area contributed by atoms with Gasteiger partial charge in [0.15, 0.2) is 11.2 Å². The molecule has 1 atom stereocenters. The molecule has 11 heteroatoms. The summed E-state index contributed by atoms with van der Waals surface area (Å²) in [5, 5.41) is 3.90. The first kappa shape index (κ1) is 27.1. The Labute approximate surface area is 247 Å². The highest BCUT2D eigenvalue weighted by molar-refractivity contribution is 6.32. The number of fused-ring (bicyclic) bond motifs is 4. The van der Waals surface area contributed by atoms with Gasteiger partial charge in [-0.1, -0.05) is 35.3 Å². The van der Waals surface area contributed by atoms with Crippen LogP contribution >= 0.6 is 23.2 Å². The highest BCUT2D eigenvalue weighted by Gasteiger charge is 2.64. The summed E-state index contributed by atoms with van der Waals surface area (Å²) in [5.74, 6) is 0.735. The lowest BCUT2D eigenvalue weighted by molar-refractivity contribution is -0.119. The third kappa shape index (κ3) is 3.75. The van der Waals surface area contributed by atoms with E-state index in [0.29, 0.717) is 55.8 Å². The minimum Gasteiger partial charge on any atom is -0.480 e. The number of pyridine rings is 1. The number of anilines is 3. The van der Waals surface area contributed by atoms with Gasteiger partial charge in [0.25, 0.3) is 11.8 Å². The van der Waals surface area contributed by atoms with Crippen LogP contribution in [-0.2, 0) is 10.3 Å². The summed E-state index contributed by atoms with van der Waals surface area (Å²) in [6.45, 7) is 5.85. The van der Waals surface area contributed by atoms with E-state index in [-0.39, 0.29) is 17.6 Å². The van der Waals surface area contributed by atoms with Gasteiger partial charge in [0, 0.05) is 41.4 Å². The van der Waals surface area contributed by atoms with Crippen molar-refractivity contribution in [3.63, 3.8) is 0 Å². The maximum atomic E-state index is 14.5. The molecule has 2 aliphatic rings. The number of ether oxygens (including phenoxy) is 1. The van der Waals surface area contributed by atoms with Crippen molar-refractivity contribution < 1.29 is 14.3 Å². The molecule has 6 rings (SSSR count). The van der Waals surface area contributed by atoms with Crippen LogP contribution in [0.15, 0.2) is 48.5 Å². The van der Waals surface area contributed by atoms with Crippen molar-refractivity contribution >= 4 is 52.2 Å². The van der Waals surface area contributed by atoms with E-state index in [0.717, 1.165) is 5.56 Å². The summed E-state index contributed by atoms with van der Waals surface area (Å²) in [5.41, 5.74) is 2.09. The number of methoxy groups -OCH3 is 1. The SMILES string of the molecule is COc1nc(N(C)C)ccc1-c1nc2c(n1C(C)C)C1(C(=O)Nc3cc(Cl)ccc31)N(c1cc(Cl)ccc1C)C2=O. The van der Waals surface area contributed by atoms with E-state index in [1.165, 1.54) is 4.90 Å². The quantitative estimate of drug-likeness (QED) is 0.303. The lowest BCUT2D eigenvalue weighted by Gasteiger charge is -2.36. The Morgan fingerprint density at radius 1 is 1.00 bits per heavy atom. The normalized spacial score (nSPS) is 17.3. The molecular formula is C30H28Cl2N6O3. The predicted octanol–water partition coefficient (Wildman–Crippen LogP) is 6.07. The molecule has 0 fully saturated rings. The fraction of sp³-hybridized carbons (Fsp3) is 0.267. The number of carbonyl (C=O) groups is 2. The smallest absolute Gasteiger partial charge is 0.280 e. The average molecular weight is 591 g/mol. The van der Waals surface area contributed by atoms with Gasteiger partial charge in [-0.15, -0.1) is 0 Å². The molecule has 0 saturated heterocycles. The molecule has 1 spiro atoms. The van der Waals surface area contributed by atoms with Crippen LogP contribution in [0.25, 0.3) is 11.4 Å². The lowest BCUT2D eigenvalue weighted by atomic mass is 9.86. The van der Waals surface area contributed by atoms with Crippen LogP contribution in [0.3, 0.4) is 0 Å². The second kappa shape index (κ2) is 9.49. The van der Waals surface area contributed by atoms with Crippen molar-refractivity contribution in [3.8, 4) is 17.3 Å². The predicted molar refractivity (Wildman–Crippen MR) is 161 cm³/mol. The van der Waals surface area contributed by atoms with Crippen molar-refractivity contribution in [1.82, 2.24) is 14.5 Å². The molecule has 2 amide bonds. The fourth-order valence-electron chi connectivity index (χ4n) is 5.83. The minimum absolute atomic E-state index is 0.171. The third-order valence-electron chi connectivity index (χ3n) is 7.61. The molecule has 9 nitrogen and oxygen atoms in total. The van der Waals surface area contributed by atoms with Gasteiger partial charge in [0.05, 0.1) is 24.1 Å². The fourth-order valence-corrected chi connectivity index (χ4v) is 6.17. The molecule has 0 radical (unpaired) electrons. The van der Waals surface area contributed by atoms with E-state index >= 15 is 0 Å². The number of halogens is 2. The Bertz CT molecular complexity index is 1770. The number of aromatic nitrogens is 3. The summed E-state index contributed by atoms with van der Waals surface area (Å²) in [7, 11) is 5.33. The van der Waals surface area contributed by atoms with Crippen LogP contribution in [0, 0.1) is 6.92 Å². The molecule has 41 heavy (non-hydrogen) atoms. The number of nitrogens with zero attached hydrogens (tertiary/aromatic N) is 5. The Hall–Kier alpha value is -4.08. The second-order valence-electron chi connectivity index (χ2n) is 10.6. The van der Waals surface area contributed by atoms with Crippen LogP contribution < -0.4 is 19.9 Å². The summed E-state index contributed by atoms with van der Waals surface area (Å²) < 4.78 is 7.62. The number of imidazole rings is 1. The second-order valence-corrected chi connectivity index (χ2v) is 11.5. The Morgan fingerprint density at radius 2 is 1.71 bits per heavy atom. The maximum absolute atomic E-state index is 14.5. The maximum Gasteiger partial charge on any atom is 0.280 e. The summed E-state index contributed by atoms with van der Waals surface area (Å²) in [6.07, 6.45) is 0. The number of benzene rings is 2. The number of nitrogens with one attached hydrogen (secondary N) is 1. The van der Waals surface area contributed by atoms with E-state index in [2.05, 4.69) is 10.3 Å². The van der Waals surface area contributed by atoms with E-state index < -0.39 is 11.4 Å². The van der Waals surface area contributed by atoms with Gasteiger partial charge in [0.1, 0.15) is 11.6 Å². The summed E-state index contributed by atoms with van der Waals surface area (Å²) in [6, 6.07) is 14.0. The van der Waals surface area contributed by atoms with Crippen molar-refractivity contribution in [3.05, 3.63) is 81.1 Å². The number of amides is 2. The topological polar surface area (TPSA) is 92.6 Å². The molecule has 4 aromatic rings. The largest absolute Gasteiger partial charge is 0.480 e. The van der Waals surface area contributed by atoms with E-state index in [1.807, 2.05) is 62.5 Å². The Balaban J connectivity index is 1.72. The van der Waals surface area contributed by atoms with E-state index in [9.17, 15) is 9.59 Å². The minimum atomic E-state index is -1.57. The zero-order chi connectivity index (χ0) is 29.4. The van der Waals surface area contributed by atoms with Crippen LogP contribution in [0.4, 0.5) is 17.2 Å². The van der Waals surface area contributed by atoms with Gasteiger partial charge in [0.2, 0.25) is 5.88 Å². The van der Waals surface area contributed by atoms with Crippen molar-refractivity contribution in [2.24, 2.45) is 0 Å². The van der Waals surface area contributed by atoms with Gasteiger partial charge in [-0.3, -0.25) is 14.5 Å². The molecule has 1 N–H and O–H groups in total. The van der Waals surface area contributed by atoms with Crippen LogP contribution in [0.2, 0.25) is 10.0 Å². The summed E-state index contributed by atoms with van der Waals surface area (Å²) >= 11 is 12.8. The molecule has 0 saturated carbocycles. The molecule has 2 aliphatic heterocycles. The monoisotopic (exact) mass is 590 g/mol. The number of hydrogen-bond donors (Lipinski definition) is 1. The first-order valence-electron chi connectivity index (χ1n) is 13.1. The van der Waals surface area contributed by atoms with Gasteiger partial charge in [-0.2, -0.15) is 4.98 Å². The Kier molecular flexibility index (Phi) is 6.28. The highest BCUT2D eigenvalue weighted by atomic mass is 35.5. The molecule has 0 aliphatic carbocycles. The number of hydrogen-bond acceptors (Lipinski definition) is 6. The summed E-state index contributed by atoms with van der Waals surface area (Å²) in [4.78, 5) is 41.8. The van der Waals surface area contributed by atoms with Gasteiger partial charge in [-0.05, 0) is 62.7 Å². The first-order chi connectivity index (χ1) is 19.5. The van der Waals surface area contributed by atoms with E-state index in [4.69, 9.17) is 32.9 Å². The van der Waals surface area contributed by atoms with Crippen LogP contribution in [0.1, 0.15) is 47.2 Å². The lowest BCUT2D eigenvalue weighted by Crippen LogP contribution is -2.51. The Morgan fingerprint density at radius 3 is 2.39 bits per heavy atom. The molecule has 2 aromatic carbocycles. The van der Waals surface area contributed by atoms with Gasteiger partial charge < -0.3 is 19.5 Å². The molecule has 2 aromatic heterocycles. The zero-order valence-corrected chi connectivity index (χ0v) is 24.9. The molecule has 4 heterocycles. The van der Waals surface area contributed by atoms with Crippen molar-refractivity contribution in [2.45, 2.75) is 32.4 Å². The van der Waals surface area contributed by atoms with E-state index in [1.54, 1.807) is 37.4 Å². The molecule has 0 bridgehead atoms. The molecule has 1 unspecified atom stereocenters. The number of rotatable bonds is 5.